The van der Waals surface area contributed by atoms with E-state index in [-0.39, 0.29) is 28.7 Å². The molecule has 242 valence electrons. The third-order valence-electron chi connectivity index (χ3n) is 8.58. The number of hydrogen-bond acceptors (Lipinski definition) is 8. The van der Waals surface area contributed by atoms with Gasteiger partial charge in [0.1, 0.15) is 22.9 Å². The first kappa shape index (κ1) is 30.5. The van der Waals surface area contributed by atoms with Crippen molar-refractivity contribution >= 4 is 34.3 Å². The Balaban J connectivity index is 1.34. The summed E-state index contributed by atoms with van der Waals surface area (Å²) in [5.41, 5.74) is 1.85. The summed E-state index contributed by atoms with van der Waals surface area (Å²) in [7, 11) is 1.77. The van der Waals surface area contributed by atoms with Gasteiger partial charge in [-0.05, 0) is 63.9 Å². The topological polar surface area (TPSA) is 110 Å². The minimum absolute atomic E-state index is 0.0457. The Labute approximate surface area is 269 Å². The number of anilines is 3. The van der Waals surface area contributed by atoms with E-state index in [0.29, 0.717) is 46.5 Å². The fourth-order valence-corrected chi connectivity index (χ4v) is 6.27. The maximum Gasteiger partial charge on any atom is 0.407 e. The fraction of sp³-hybridized carbons (Fsp3) is 0.324. The fourth-order valence-electron chi connectivity index (χ4n) is 6.27. The zero-order valence-electron chi connectivity index (χ0n) is 26.3. The largest absolute Gasteiger partial charge is 0.444 e. The number of aryl methyl sites for hydroxylation is 1. The van der Waals surface area contributed by atoms with E-state index in [1.807, 2.05) is 0 Å². The van der Waals surface area contributed by atoms with E-state index >= 15 is 8.78 Å². The van der Waals surface area contributed by atoms with E-state index in [9.17, 15) is 9.18 Å². The first-order chi connectivity index (χ1) is 22.4. The van der Waals surface area contributed by atoms with Gasteiger partial charge in [0.15, 0.2) is 5.82 Å². The number of nitrogens with zero attached hydrogens (tertiary/aromatic N) is 6. The third-order valence-corrected chi connectivity index (χ3v) is 8.58. The van der Waals surface area contributed by atoms with Crippen LogP contribution in [0.5, 0.6) is 0 Å². The molecule has 47 heavy (non-hydrogen) atoms. The monoisotopic (exact) mass is 642 g/mol. The molecule has 5 aromatic rings. The van der Waals surface area contributed by atoms with Gasteiger partial charge in [0, 0.05) is 60.0 Å². The SMILES string of the molecule is Cn1cc(Nc2ncc(F)c(-c3ccc4ncc(-c5cc(F)ccc5F)c(N5C[C@@H](NC(=O)OC(C)(C)C)C6(CC6)C5)c4c3)n2)cn1. The van der Waals surface area contributed by atoms with Crippen molar-refractivity contribution in [3.8, 4) is 22.4 Å². The second-order valence-electron chi connectivity index (χ2n) is 13.2. The van der Waals surface area contributed by atoms with Gasteiger partial charge in [-0.1, -0.05) is 6.07 Å². The van der Waals surface area contributed by atoms with Crippen molar-refractivity contribution in [2.45, 2.75) is 45.3 Å². The van der Waals surface area contributed by atoms with E-state index < -0.39 is 29.1 Å². The van der Waals surface area contributed by atoms with Crippen LogP contribution in [-0.4, -0.2) is 55.6 Å². The lowest BCUT2D eigenvalue weighted by molar-refractivity contribution is 0.0493. The predicted molar refractivity (Wildman–Crippen MR) is 172 cm³/mol. The molecule has 1 spiro atoms. The van der Waals surface area contributed by atoms with Crippen molar-refractivity contribution in [3.63, 3.8) is 0 Å². The number of benzene rings is 2. The molecule has 13 heteroatoms. The molecule has 0 unspecified atom stereocenters. The molecule has 1 aliphatic carbocycles. The molecule has 1 aliphatic heterocycles. The summed E-state index contributed by atoms with van der Waals surface area (Å²) in [5.74, 6) is -1.67. The van der Waals surface area contributed by atoms with Crippen LogP contribution in [0.4, 0.5) is 35.3 Å². The summed E-state index contributed by atoms with van der Waals surface area (Å²) in [6.45, 7) is 6.37. The normalized spacial score (nSPS) is 16.9. The second kappa shape index (κ2) is 11.2. The molecule has 0 bridgehead atoms. The molecule has 3 aromatic heterocycles. The van der Waals surface area contributed by atoms with E-state index in [4.69, 9.17) is 4.74 Å². The van der Waals surface area contributed by atoms with Crippen molar-refractivity contribution in [1.29, 1.82) is 0 Å². The van der Waals surface area contributed by atoms with Crippen LogP contribution in [-0.2, 0) is 11.8 Å². The van der Waals surface area contributed by atoms with Crippen LogP contribution < -0.4 is 15.5 Å². The minimum Gasteiger partial charge on any atom is -0.444 e. The molecule has 2 aromatic carbocycles. The highest BCUT2D eigenvalue weighted by Gasteiger charge is 2.56. The summed E-state index contributed by atoms with van der Waals surface area (Å²) in [4.78, 5) is 28.0. The van der Waals surface area contributed by atoms with Gasteiger partial charge in [-0.3, -0.25) is 9.67 Å². The number of hydrogen-bond donors (Lipinski definition) is 2. The number of ether oxygens (including phenoxy) is 1. The van der Waals surface area contributed by atoms with E-state index in [1.165, 1.54) is 6.20 Å². The van der Waals surface area contributed by atoms with Crippen LogP contribution in [0, 0.1) is 22.9 Å². The van der Waals surface area contributed by atoms with Crippen LogP contribution in [0.15, 0.2) is 61.2 Å². The van der Waals surface area contributed by atoms with Crippen LogP contribution in [0.3, 0.4) is 0 Å². The Morgan fingerprint density at radius 2 is 1.81 bits per heavy atom. The van der Waals surface area contributed by atoms with E-state index in [2.05, 4.69) is 35.6 Å². The molecular weight excluding hydrogens is 609 g/mol. The average Bonchev–Trinajstić information content (AvgIpc) is 3.55. The van der Waals surface area contributed by atoms with Crippen molar-refractivity contribution < 1.29 is 22.7 Å². The highest BCUT2D eigenvalue weighted by atomic mass is 19.1. The quantitative estimate of drug-likeness (QED) is 0.210. The van der Waals surface area contributed by atoms with Crippen LogP contribution in [0.1, 0.15) is 33.6 Å². The number of amides is 1. The molecule has 10 nitrogen and oxygen atoms in total. The van der Waals surface area contributed by atoms with E-state index in [0.717, 1.165) is 37.2 Å². The number of aromatic nitrogens is 5. The molecule has 1 saturated heterocycles. The summed E-state index contributed by atoms with van der Waals surface area (Å²) in [5, 5.41) is 10.8. The molecule has 2 aliphatic rings. The van der Waals surface area contributed by atoms with Crippen LogP contribution in [0.2, 0.25) is 0 Å². The van der Waals surface area contributed by atoms with Gasteiger partial charge in [-0.25, -0.2) is 27.9 Å². The second-order valence-corrected chi connectivity index (χ2v) is 13.2. The zero-order chi connectivity index (χ0) is 33.1. The highest BCUT2D eigenvalue weighted by molar-refractivity contribution is 6.02. The van der Waals surface area contributed by atoms with Crippen molar-refractivity contribution in [1.82, 2.24) is 30.0 Å². The van der Waals surface area contributed by atoms with Gasteiger partial charge in [-0.15, -0.1) is 0 Å². The number of alkyl carbamates (subject to hydrolysis) is 1. The van der Waals surface area contributed by atoms with Crippen LogP contribution in [0.25, 0.3) is 33.3 Å². The first-order valence-corrected chi connectivity index (χ1v) is 15.3. The lowest BCUT2D eigenvalue weighted by Gasteiger charge is -2.25. The zero-order valence-corrected chi connectivity index (χ0v) is 26.3. The van der Waals surface area contributed by atoms with Crippen molar-refractivity contribution in [2.75, 3.05) is 23.3 Å². The maximum absolute atomic E-state index is 15.3. The Hall–Kier alpha value is -5.20. The lowest BCUT2D eigenvalue weighted by Crippen LogP contribution is -2.44. The molecule has 0 radical (unpaired) electrons. The van der Waals surface area contributed by atoms with Gasteiger partial charge in [0.2, 0.25) is 5.95 Å². The number of nitrogens with one attached hydrogen (secondary N) is 2. The Morgan fingerprint density at radius 3 is 2.53 bits per heavy atom. The number of fused-ring (bicyclic) bond motifs is 1. The number of carbonyl (C=O) groups excluding carboxylic acids is 1. The molecule has 2 N–H and O–H groups in total. The third kappa shape index (κ3) is 6.05. The number of carbonyl (C=O) groups is 1. The van der Waals surface area contributed by atoms with E-state index in [1.54, 1.807) is 63.1 Å². The Kier molecular flexibility index (Phi) is 7.29. The smallest absolute Gasteiger partial charge is 0.407 e. The molecule has 4 heterocycles. The number of halogens is 3. The lowest BCUT2D eigenvalue weighted by atomic mass is 9.98. The first-order valence-electron chi connectivity index (χ1n) is 15.3. The standard InChI is InChI=1S/C34H33F3N8O2/c1-33(2,3)47-32(46)42-28-17-45(18-34(28)9-10-34)30-23-11-19(29-26(37)15-39-31(43-29)41-21-13-40-44(4)16-21)5-8-27(23)38-14-24(30)22-12-20(35)6-7-25(22)36/h5-8,11-16,28H,9-10,17-18H2,1-4H3,(H,42,46)(H,39,41,43)/t28-/m1/s1. The summed E-state index contributed by atoms with van der Waals surface area (Å²) < 4.78 is 52.3. The molecule has 1 atom stereocenters. The van der Waals surface area contributed by atoms with Crippen molar-refractivity contribution in [2.24, 2.45) is 12.5 Å². The predicted octanol–water partition coefficient (Wildman–Crippen LogP) is 6.75. The molecule has 1 saturated carbocycles. The van der Waals surface area contributed by atoms with Crippen molar-refractivity contribution in [3.05, 3.63) is 78.6 Å². The van der Waals surface area contributed by atoms with Gasteiger partial charge in [0.05, 0.1) is 35.3 Å². The van der Waals surface area contributed by atoms with Gasteiger partial charge < -0.3 is 20.3 Å². The highest BCUT2D eigenvalue weighted by Crippen LogP contribution is 2.55. The molecule has 2 fully saturated rings. The Morgan fingerprint density at radius 1 is 1.00 bits per heavy atom. The van der Waals surface area contributed by atoms with Gasteiger partial charge in [-0.2, -0.15) is 5.10 Å². The molecule has 1 amide bonds. The van der Waals surface area contributed by atoms with Gasteiger partial charge >= 0.3 is 6.09 Å². The summed E-state index contributed by atoms with van der Waals surface area (Å²) in [6.07, 6.45) is 7.23. The van der Waals surface area contributed by atoms with Gasteiger partial charge in [0.25, 0.3) is 0 Å². The Bertz CT molecular complexity index is 2020. The molecular formula is C34H33F3N8O2. The summed E-state index contributed by atoms with van der Waals surface area (Å²) in [6, 6.07) is 8.26. The molecule has 7 rings (SSSR count). The summed E-state index contributed by atoms with van der Waals surface area (Å²) >= 11 is 0. The number of rotatable bonds is 6. The minimum atomic E-state index is -0.664. The van der Waals surface area contributed by atoms with Crippen LogP contribution >= 0.6 is 0 Å². The maximum atomic E-state index is 15.3. The average molecular weight is 643 g/mol. The number of pyridine rings is 1.